The Morgan fingerprint density at radius 1 is 0.962 bits per heavy atom. The summed E-state index contributed by atoms with van der Waals surface area (Å²) in [5.41, 5.74) is 2.21. The number of anilines is 1. The Hall–Kier alpha value is -3.08. The van der Waals surface area contributed by atoms with Crippen LogP contribution in [-0.2, 0) is 0 Å². The first-order chi connectivity index (χ1) is 12.7. The van der Waals surface area contributed by atoms with E-state index in [9.17, 15) is 9.59 Å². The summed E-state index contributed by atoms with van der Waals surface area (Å²) < 4.78 is 0. The van der Waals surface area contributed by atoms with E-state index in [0.717, 1.165) is 13.1 Å². The Morgan fingerprint density at radius 3 is 2.35 bits per heavy atom. The summed E-state index contributed by atoms with van der Waals surface area (Å²) in [7, 11) is 0. The predicted octanol–water partition coefficient (Wildman–Crippen LogP) is 2.56. The molecule has 0 radical (unpaired) electrons. The van der Waals surface area contributed by atoms with Crippen LogP contribution < -0.4 is 10.2 Å². The van der Waals surface area contributed by atoms with Gasteiger partial charge in [-0.2, -0.15) is 0 Å². The molecule has 0 atom stereocenters. The fraction of sp³-hybridized carbons (Fsp3) is 0.238. The summed E-state index contributed by atoms with van der Waals surface area (Å²) in [6, 6.07) is 17.1. The molecule has 1 heterocycles. The molecular formula is C21H23N3O2. The molecule has 2 amide bonds. The van der Waals surface area contributed by atoms with Gasteiger partial charge < -0.3 is 15.1 Å². The second-order valence-electron chi connectivity index (χ2n) is 6.19. The second-order valence-corrected chi connectivity index (χ2v) is 6.19. The first-order valence-electron chi connectivity index (χ1n) is 8.77. The van der Waals surface area contributed by atoms with Gasteiger partial charge in [0.05, 0.1) is 0 Å². The quantitative estimate of drug-likeness (QED) is 0.844. The van der Waals surface area contributed by atoms with E-state index >= 15 is 0 Å². The third-order valence-corrected chi connectivity index (χ3v) is 4.47. The van der Waals surface area contributed by atoms with Crippen molar-refractivity contribution in [1.82, 2.24) is 10.2 Å². The zero-order valence-electron chi connectivity index (χ0n) is 14.7. The molecule has 1 saturated heterocycles. The molecule has 26 heavy (non-hydrogen) atoms. The van der Waals surface area contributed by atoms with Crippen LogP contribution in [0.1, 0.15) is 20.7 Å². The van der Waals surface area contributed by atoms with E-state index in [0.29, 0.717) is 30.8 Å². The van der Waals surface area contributed by atoms with Crippen LogP contribution in [0.3, 0.4) is 0 Å². The number of piperazine rings is 1. The lowest BCUT2D eigenvalue weighted by Gasteiger charge is -2.36. The van der Waals surface area contributed by atoms with Crippen molar-refractivity contribution in [3.05, 3.63) is 78.4 Å². The van der Waals surface area contributed by atoms with Gasteiger partial charge in [-0.3, -0.25) is 9.59 Å². The molecule has 0 aromatic heterocycles. The van der Waals surface area contributed by atoms with Gasteiger partial charge in [0.1, 0.15) is 0 Å². The summed E-state index contributed by atoms with van der Waals surface area (Å²) in [5.74, 6) is -0.232. The van der Waals surface area contributed by atoms with Gasteiger partial charge in [-0.15, -0.1) is 6.58 Å². The summed E-state index contributed by atoms with van der Waals surface area (Å²) in [6.07, 6.45) is 1.62. The molecule has 0 saturated carbocycles. The van der Waals surface area contributed by atoms with E-state index in [4.69, 9.17) is 0 Å². The topological polar surface area (TPSA) is 52.7 Å². The number of hydrogen-bond acceptors (Lipinski definition) is 3. The number of amides is 2. The number of benzene rings is 2. The minimum Gasteiger partial charge on any atom is -0.368 e. The van der Waals surface area contributed by atoms with Gasteiger partial charge in [0.25, 0.3) is 11.8 Å². The van der Waals surface area contributed by atoms with Gasteiger partial charge in [-0.05, 0) is 30.3 Å². The van der Waals surface area contributed by atoms with Crippen molar-refractivity contribution >= 4 is 17.5 Å². The maximum atomic E-state index is 12.8. The van der Waals surface area contributed by atoms with Crippen LogP contribution in [0.4, 0.5) is 5.69 Å². The van der Waals surface area contributed by atoms with Gasteiger partial charge in [-0.25, -0.2) is 0 Å². The lowest BCUT2D eigenvalue weighted by molar-refractivity contribution is 0.0747. The summed E-state index contributed by atoms with van der Waals surface area (Å²) in [5, 5.41) is 2.73. The molecule has 0 unspecified atom stereocenters. The fourth-order valence-corrected chi connectivity index (χ4v) is 3.05. The van der Waals surface area contributed by atoms with Crippen LogP contribution in [0.25, 0.3) is 0 Å². The Balaban J connectivity index is 1.63. The molecule has 0 bridgehead atoms. The predicted molar refractivity (Wildman–Crippen MR) is 104 cm³/mol. The van der Waals surface area contributed by atoms with E-state index in [1.54, 1.807) is 30.3 Å². The van der Waals surface area contributed by atoms with Crippen LogP contribution in [-0.4, -0.2) is 49.4 Å². The monoisotopic (exact) mass is 349 g/mol. The van der Waals surface area contributed by atoms with Crippen molar-refractivity contribution in [3.63, 3.8) is 0 Å². The molecule has 5 nitrogen and oxygen atoms in total. The number of para-hydroxylation sites is 1. The van der Waals surface area contributed by atoms with Crippen LogP contribution in [0.15, 0.2) is 67.3 Å². The van der Waals surface area contributed by atoms with E-state index < -0.39 is 0 Å². The molecule has 0 spiro atoms. The molecule has 1 fully saturated rings. The molecule has 1 aliphatic rings. The highest BCUT2D eigenvalue weighted by molar-refractivity contribution is 5.99. The molecule has 1 N–H and O–H groups in total. The summed E-state index contributed by atoms with van der Waals surface area (Å²) >= 11 is 0. The Morgan fingerprint density at radius 2 is 1.65 bits per heavy atom. The van der Waals surface area contributed by atoms with Crippen LogP contribution in [0, 0.1) is 0 Å². The molecule has 5 heteroatoms. The number of nitrogens with zero attached hydrogens (tertiary/aromatic N) is 2. The molecule has 0 aliphatic carbocycles. The van der Waals surface area contributed by atoms with E-state index in [2.05, 4.69) is 28.9 Å². The first-order valence-corrected chi connectivity index (χ1v) is 8.77. The summed E-state index contributed by atoms with van der Waals surface area (Å²) in [4.78, 5) is 29.0. The number of nitrogens with one attached hydrogen (secondary N) is 1. The van der Waals surface area contributed by atoms with Crippen molar-refractivity contribution in [2.75, 3.05) is 37.6 Å². The molecule has 1 aliphatic heterocycles. The van der Waals surface area contributed by atoms with Crippen LogP contribution in [0.2, 0.25) is 0 Å². The largest absolute Gasteiger partial charge is 0.368 e. The van der Waals surface area contributed by atoms with Crippen molar-refractivity contribution in [1.29, 1.82) is 0 Å². The van der Waals surface area contributed by atoms with Gasteiger partial charge in [0.15, 0.2) is 0 Å². The lowest BCUT2D eigenvalue weighted by atomic mass is 10.1. The number of carbonyl (C=O) groups excluding carboxylic acids is 2. The molecule has 134 valence electrons. The van der Waals surface area contributed by atoms with Crippen molar-refractivity contribution < 1.29 is 9.59 Å². The molecule has 2 aromatic carbocycles. The van der Waals surface area contributed by atoms with Gasteiger partial charge in [0, 0.05) is 49.5 Å². The van der Waals surface area contributed by atoms with Crippen molar-refractivity contribution in [2.24, 2.45) is 0 Å². The highest BCUT2D eigenvalue weighted by atomic mass is 16.2. The van der Waals surface area contributed by atoms with Gasteiger partial charge >= 0.3 is 0 Å². The van der Waals surface area contributed by atoms with Gasteiger partial charge in [-0.1, -0.05) is 30.3 Å². The average Bonchev–Trinajstić information content (AvgIpc) is 2.72. The molecular weight excluding hydrogens is 326 g/mol. The first kappa shape index (κ1) is 17.7. The zero-order valence-corrected chi connectivity index (χ0v) is 14.7. The Bertz CT molecular complexity index is 781. The maximum absolute atomic E-state index is 12.8. The maximum Gasteiger partial charge on any atom is 0.253 e. The average molecular weight is 349 g/mol. The highest BCUT2D eigenvalue weighted by Crippen LogP contribution is 2.17. The number of carbonyl (C=O) groups is 2. The van der Waals surface area contributed by atoms with E-state index in [1.807, 2.05) is 23.1 Å². The normalized spacial score (nSPS) is 14.0. The Labute approximate surface area is 153 Å². The smallest absolute Gasteiger partial charge is 0.253 e. The SMILES string of the molecule is C=CCNC(=O)c1cccc(C(=O)N2CCN(c3ccccc3)CC2)c1. The number of hydrogen-bond donors (Lipinski definition) is 1. The summed E-state index contributed by atoms with van der Waals surface area (Å²) in [6.45, 7) is 6.92. The van der Waals surface area contributed by atoms with Crippen molar-refractivity contribution in [3.8, 4) is 0 Å². The third kappa shape index (κ3) is 4.11. The molecule has 2 aromatic rings. The number of rotatable bonds is 5. The highest BCUT2D eigenvalue weighted by Gasteiger charge is 2.22. The minimum atomic E-state index is -0.201. The molecule has 3 rings (SSSR count). The Kier molecular flexibility index (Phi) is 5.69. The third-order valence-electron chi connectivity index (χ3n) is 4.47. The minimum absolute atomic E-state index is 0.0314. The second kappa shape index (κ2) is 8.34. The fourth-order valence-electron chi connectivity index (χ4n) is 3.05. The van der Waals surface area contributed by atoms with Gasteiger partial charge in [0.2, 0.25) is 0 Å². The zero-order chi connectivity index (χ0) is 18.4. The van der Waals surface area contributed by atoms with Crippen LogP contribution >= 0.6 is 0 Å². The van der Waals surface area contributed by atoms with Crippen molar-refractivity contribution in [2.45, 2.75) is 0 Å². The van der Waals surface area contributed by atoms with E-state index in [1.165, 1.54) is 5.69 Å². The van der Waals surface area contributed by atoms with E-state index in [-0.39, 0.29) is 11.8 Å². The standard InChI is InChI=1S/C21H23N3O2/c1-2-11-22-20(25)17-7-6-8-18(16-17)21(26)24-14-12-23(13-15-24)19-9-4-3-5-10-19/h2-10,16H,1,11-15H2,(H,22,25). The lowest BCUT2D eigenvalue weighted by Crippen LogP contribution is -2.48. The van der Waals surface area contributed by atoms with Crippen LogP contribution in [0.5, 0.6) is 0 Å².